The Morgan fingerprint density at radius 2 is 1.75 bits per heavy atom. The highest BCUT2D eigenvalue weighted by Gasteiger charge is 2.49. The molecule has 0 spiro atoms. The van der Waals surface area contributed by atoms with E-state index in [-0.39, 0.29) is 0 Å². The van der Waals surface area contributed by atoms with Crippen molar-refractivity contribution in [2.75, 3.05) is 0 Å². The third-order valence-electron chi connectivity index (χ3n) is 8.95. The molecule has 0 N–H and O–H groups in total. The minimum Gasteiger partial charge on any atom is -0.0993 e. The number of hydrogen-bond acceptors (Lipinski definition) is 0. The second kappa shape index (κ2) is 6.48. The molecule has 7 atom stereocenters. The predicted octanol–water partition coefficient (Wildman–Crippen LogP) is 7.59. The molecule has 5 rings (SSSR count). The average molecular weight is 373 g/mol. The van der Waals surface area contributed by atoms with Crippen LogP contribution in [0.5, 0.6) is 0 Å². The molecule has 5 aliphatic rings. The van der Waals surface area contributed by atoms with Crippen LogP contribution in [0.4, 0.5) is 0 Å². The Morgan fingerprint density at radius 3 is 2.32 bits per heavy atom. The highest BCUT2D eigenvalue weighted by molar-refractivity contribution is 5.64. The van der Waals surface area contributed by atoms with Gasteiger partial charge >= 0.3 is 0 Å². The summed E-state index contributed by atoms with van der Waals surface area (Å²) >= 11 is 0. The monoisotopic (exact) mass is 372 g/mol. The Bertz CT molecular complexity index is 870. The van der Waals surface area contributed by atoms with Crippen molar-refractivity contribution in [1.82, 2.24) is 0 Å². The SMILES string of the molecule is C=C1CC(C2C3=C(C=C3)C2C)C(=C)C(CC)CC1C1=CC2=C1C(C)C2CCC. The average Bonchev–Trinajstić information content (AvgIpc) is 2.74. The maximum Gasteiger partial charge on any atom is 0.00544 e. The second-order valence-corrected chi connectivity index (χ2v) is 10.1. The van der Waals surface area contributed by atoms with Crippen molar-refractivity contribution in [1.29, 1.82) is 0 Å². The van der Waals surface area contributed by atoms with Gasteiger partial charge in [-0.25, -0.2) is 0 Å². The van der Waals surface area contributed by atoms with Gasteiger partial charge in [-0.1, -0.05) is 76.6 Å². The molecule has 5 aliphatic carbocycles. The standard InChI is InChI=1S/C28H36/c1-7-9-20-17(5)28-25(20)14-26(28)23-13-19(8-2)16(4)24(12-15(23)3)27-18(6)21-10-11-22(21)27/h10-11,14,17-20,23-24,27H,3-4,7-9,12-13H2,1-2,5-6H3. The molecule has 0 heterocycles. The molecule has 1 saturated carbocycles. The van der Waals surface area contributed by atoms with Crippen molar-refractivity contribution < 1.29 is 0 Å². The Hall–Kier alpha value is -1.56. The van der Waals surface area contributed by atoms with E-state index in [1.165, 1.54) is 36.8 Å². The molecule has 1 fully saturated rings. The maximum atomic E-state index is 4.68. The van der Waals surface area contributed by atoms with Gasteiger partial charge in [-0.15, -0.1) is 0 Å². The first kappa shape index (κ1) is 18.5. The van der Waals surface area contributed by atoms with Gasteiger partial charge in [0.1, 0.15) is 0 Å². The Balaban J connectivity index is 1.38. The molecule has 28 heavy (non-hydrogen) atoms. The first-order chi connectivity index (χ1) is 13.5. The number of allylic oxidation sites excluding steroid dienone is 10. The lowest BCUT2D eigenvalue weighted by atomic mass is 9.55. The zero-order valence-electron chi connectivity index (χ0n) is 18.2. The van der Waals surface area contributed by atoms with Gasteiger partial charge in [-0.05, 0) is 89.1 Å². The van der Waals surface area contributed by atoms with Crippen LogP contribution >= 0.6 is 0 Å². The minimum absolute atomic E-state index is 0.566. The molecule has 0 nitrogen and oxygen atoms in total. The van der Waals surface area contributed by atoms with Crippen LogP contribution in [-0.4, -0.2) is 0 Å². The zero-order chi connectivity index (χ0) is 19.7. The largest absolute Gasteiger partial charge is 0.0993 e. The molecule has 0 aliphatic heterocycles. The van der Waals surface area contributed by atoms with Gasteiger partial charge in [0.25, 0.3) is 0 Å². The van der Waals surface area contributed by atoms with Crippen LogP contribution in [0.2, 0.25) is 0 Å². The van der Waals surface area contributed by atoms with E-state index in [1.807, 2.05) is 0 Å². The summed E-state index contributed by atoms with van der Waals surface area (Å²) in [6.45, 7) is 18.9. The molecule has 0 aromatic heterocycles. The first-order valence-corrected chi connectivity index (χ1v) is 11.7. The Morgan fingerprint density at radius 1 is 1.00 bits per heavy atom. The summed E-state index contributed by atoms with van der Waals surface area (Å²) in [7, 11) is 0. The van der Waals surface area contributed by atoms with Crippen LogP contribution in [0.3, 0.4) is 0 Å². The summed E-state index contributed by atoms with van der Waals surface area (Å²) in [6.07, 6.45) is 13.5. The number of hydrogen-bond donors (Lipinski definition) is 0. The summed E-state index contributed by atoms with van der Waals surface area (Å²) in [6, 6.07) is 0. The van der Waals surface area contributed by atoms with E-state index in [1.54, 1.807) is 27.9 Å². The summed E-state index contributed by atoms with van der Waals surface area (Å²) in [5, 5.41) is 0. The van der Waals surface area contributed by atoms with E-state index in [0.29, 0.717) is 29.6 Å². The fourth-order valence-electron chi connectivity index (χ4n) is 7.14. The van der Waals surface area contributed by atoms with Crippen molar-refractivity contribution in [3.8, 4) is 0 Å². The van der Waals surface area contributed by atoms with Crippen molar-refractivity contribution in [3.05, 3.63) is 70.4 Å². The second-order valence-electron chi connectivity index (χ2n) is 10.1. The normalized spacial score (nSPS) is 41.3. The van der Waals surface area contributed by atoms with Gasteiger partial charge in [0.05, 0.1) is 0 Å². The molecule has 0 bridgehead atoms. The van der Waals surface area contributed by atoms with Crippen LogP contribution in [0, 0.1) is 41.4 Å². The third-order valence-corrected chi connectivity index (χ3v) is 8.95. The number of rotatable bonds is 5. The molecule has 0 aromatic rings. The fourth-order valence-corrected chi connectivity index (χ4v) is 7.14. The fraction of sp³-hybridized carbons (Fsp3) is 0.571. The van der Waals surface area contributed by atoms with E-state index in [0.717, 1.165) is 18.3 Å². The van der Waals surface area contributed by atoms with Crippen molar-refractivity contribution >= 4 is 0 Å². The highest BCUT2D eigenvalue weighted by atomic mass is 14.5. The molecule has 0 heteroatoms. The quantitative estimate of drug-likeness (QED) is 0.344. The molecule has 148 valence electrons. The lowest BCUT2D eigenvalue weighted by Crippen LogP contribution is -2.38. The lowest BCUT2D eigenvalue weighted by molar-refractivity contribution is 0.288. The molecule has 0 radical (unpaired) electrons. The first-order valence-electron chi connectivity index (χ1n) is 11.7. The van der Waals surface area contributed by atoms with Gasteiger partial charge in [0.2, 0.25) is 0 Å². The third kappa shape index (κ3) is 2.30. The maximum absolute atomic E-state index is 4.68. The lowest BCUT2D eigenvalue weighted by Gasteiger charge is -2.49. The van der Waals surface area contributed by atoms with Crippen molar-refractivity contribution in [2.24, 2.45) is 41.4 Å². The van der Waals surface area contributed by atoms with Gasteiger partial charge < -0.3 is 0 Å². The Kier molecular flexibility index (Phi) is 4.27. The summed E-state index contributed by atoms with van der Waals surface area (Å²) < 4.78 is 0. The van der Waals surface area contributed by atoms with Gasteiger partial charge in [0, 0.05) is 5.92 Å². The molecule has 0 aromatic carbocycles. The van der Waals surface area contributed by atoms with Crippen molar-refractivity contribution in [3.63, 3.8) is 0 Å². The molecular formula is C28H36. The van der Waals surface area contributed by atoms with Crippen LogP contribution in [-0.2, 0) is 0 Å². The Labute approximate surface area is 171 Å². The van der Waals surface area contributed by atoms with E-state index in [2.05, 4.69) is 59.1 Å². The van der Waals surface area contributed by atoms with Crippen molar-refractivity contribution in [2.45, 2.75) is 59.8 Å². The van der Waals surface area contributed by atoms with Crippen LogP contribution < -0.4 is 0 Å². The van der Waals surface area contributed by atoms with Gasteiger partial charge in [-0.2, -0.15) is 0 Å². The predicted molar refractivity (Wildman–Crippen MR) is 120 cm³/mol. The smallest absolute Gasteiger partial charge is 0.00544 e. The molecule has 7 unspecified atom stereocenters. The van der Waals surface area contributed by atoms with Crippen LogP contribution in [0.25, 0.3) is 0 Å². The molecule has 0 amide bonds. The summed E-state index contributed by atoms with van der Waals surface area (Å²) in [5.74, 6) is 4.81. The van der Waals surface area contributed by atoms with Gasteiger partial charge in [0.15, 0.2) is 0 Å². The van der Waals surface area contributed by atoms with Crippen LogP contribution in [0.15, 0.2) is 70.4 Å². The zero-order valence-corrected chi connectivity index (χ0v) is 18.2. The van der Waals surface area contributed by atoms with E-state index >= 15 is 0 Å². The topological polar surface area (TPSA) is 0 Å². The highest BCUT2D eigenvalue weighted by Crippen LogP contribution is 2.60. The summed E-state index contributed by atoms with van der Waals surface area (Å²) in [4.78, 5) is 0. The molecular weight excluding hydrogens is 336 g/mol. The minimum atomic E-state index is 0.566. The molecule has 0 saturated heterocycles. The van der Waals surface area contributed by atoms with Gasteiger partial charge in [-0.3, -0.25) is 0 Å². The van der Waals surface area contributed by atoms with Crippen LogP contribution in [0.1, 0.15) is 59.8 Å². The van der Waals surface area contributed by atoms with E-state index in [4.69, 9.17) is 0 Å². The van der Waals surface area contributed by atoms with E-state index < -0.39 is 0 Å². The summed E-state index contributed by atoms with van der Waals surface area (Å²) in [5.41, 5.74) is 11.3. The van der Waals surface area contributed by atoms with E-state index in [9.17, 15) is 0 Å².